The Labute approximate surface area is 203 Å². The predicted molar refractivity (Wildman–Crippen MR) is 145 cm³/mol. The van der Waals surface area contributed by atoms with Crippen LogP contribution in [0.5, 0.6) is 0 Å². The molecule has 0 spiro atoms. The van der Waals surface area contributed by atoms with Gasteiger partial charge in [-0.1, -0.05) is 126 Å². The van der Waals surface area contributed by atoms with Crippen molar-refractivity contribution in [1.82, 2.24) is 0 Å². The first kappa shape index (κ1) is 25.4. The molecule has 0 heterocycles. The van der Waals surface area contributed by atoms with Gasteiger partial charge in [0.05, 0.1) is 0 Å². The maximum absolute atomic E-state index is 3.33. The molecule has 2 aromatic rings. The van der Waals surface area contributed by atoms with Crippen LogP contribution < -0.4 is 0 Å². The molecule has 33 heavy (non-hydrogen) atoms. The quantitative estimate of drug-likeness (QED) is 0.241. The third-order valence-electron chi connectivity index (χ3n) is 7.25. The molecule has 0 heteroatoms. The number of aryl methyl sites for hydroxylation is 1. The van der Waals surface area contributed by atoms with Crippen LogP contribution in [0, 0.1) is 23.7 Å². The lowest BCUT2D eigenvalue weighted by atomic mass is 9.77. The average molecular weight is 441 g/mol. The van der Waals surface area contributed by atoms with Crippen LogP contribution in [0.2, 0.25) is 0 Å². The number of rotatable bonds is 11. The van der Waals surface area contributed by atoms with E-state index in [1.54, 1.807) is 0 Å². The van der Waals surface area contributed by atoms with Gasteiger partial charge in [-0.3, -0.25) is 0 Å². The summed E-state index contributed by atoms with van der Waals surface area (Å²) in [4.78, 5) is 0. The molecule has 0 bridgehead atoms. The van der Waals surface area contributed by atoms with Gasteiger partial charge in [0, 0.05) is 11.1 Å². The minimum Gasteiger partial charge on any atom is -0.0840 e. The van der Waals surface area contributed by atoms with Gasteiger partial charge in [-0.25, -0.2) is 0 Å². The highest BCUT2D eigenvalue weighted by Gasteiger charge is 2.20. The topological polar surface area (TPSA) is 0 Å². The Hall–Kier alpha value is -2.26. The highest BCUT2D eigenvalue weighted by Crippen LogP contribution is 2.34. The third kappa shape index (κ3) is 9.63. The van der Waals surface area contributed by atoms with Crippen molar-refractivity contribution in [2.45, 2.75) is 97.3 Å². The van der Waals surface area contributed by atoms with Crippen LogP contribution >= 0.6 is 0 Å². The summed E-state index contributed by atoms with van der Waals surface area (Å²) in [6.07, 6.45) is 22.3. The number of allylic oxidation sites excluding steroid dienone is 1. The summed E-state index contributed by atoms with van der Waals surface area (Å²) in [5, 5.41) is 0. The zero-order valence-electron chi connectivity index (χ0n) is 21.1. The van der Waals surface area contributed by atoms with Gasteiger partial charge in [0.1, 0.15) is 0 Å². The maximum Gasteiger partial charge on any atom is 0.0249 e. The zero-order chi connectivity index (χ0) is 23.1. The third-order valence-corrected chi connectivity index (χ3v) is 7.25. The van der Waals surface area contributed by atoms with Crippen LogP contribution in [-0.4, -0.2) is 0 Å². The molecule has 0 atom stereocenters. The van der Waals surface area contributed by atoms with E-state index in [1.807, 2.05) is 0 Å². The molecule has 0 aromatic heterocycles. The van der Waals surface area contributed by atoms with Crippen molar-refractivity contribution in [1.29, 1.82) is 0 Å². The van der Waals surface area contributed by atoms with Crippen molar-refractivity contribution in [3.05, 3.63) is 76.9 Å². The van der Waals surface area contributed by atoms with E-state index in [9.17, 15) is 0 Å². The lowest BCUT2D eigenvalue weighted by molar-refractivity contribution is 0.249. The first-order valence-corrected chi connectivity index (χ1v) is 13.6. The van der Waals surface area contributed by atoms with Crippen LogP contribution in [0.25, 0.3) is 6.08 Å². The van der Waals surface area contributed by atoms with Gasteiger partial charge >= 0.3 is 0 Å². The first-order valence-electron chi connectivity index (χ1n) is 13.6. The van der Waals surface area contributed by atoms with Crippen LogP contribution in [0.1, 0.15) is 113 Å². The van der Waals surface area contributed by atoms with Crippen molar-refractivity contribution in [2.24, 2.45) is 11.8 Å². The molecule has 0 saturated heterocycles. The van der Waals surface area contributed by atoms with E-state index in [4.69, 9.17) is 0 Å². The number of unbranched alkanes of at least 4 members (excludes halogenated alkanes) is 4. The van der Waals surface area contributed by atoms with E-state index in [2.05, 4.69) is 86.4 Å². The summed E-state index contributed by atoms with van der Waals surface area (Å²) >= 11 is 0. The predicted octanol–water partition coefficient (Wildman–Crippen LogP) is 9.61. The summed E-state index contributed by atoms with van der Waals surface area (Å²) in [5.74, 6) is 8.60. The molecule has 0 amide bonds. The lowest BCUT2D eigenvalue weighted by Gasteiger charge is -2.28. The average Bonchev–Trinajstić information content (AvgIpc) is 2.86. The molecule has 1 saturated carbocycles. The minimum absolute atomic E-state index is 0.941. The van der Waals surface area contributed by atoms with E-state index in [0.717, 1.165) is 29.4 Å². The summed E-state index contributed by atoms with van der Waals surface area (Å²) in [5.41, 5.74) is 4.89. The fraction of sp³-hybridized carbons (Fsp3) is 0.515. The smallest absolute Gasteiger partial charge is 0.0249 e. The van der Waals surface area contributed by atoms with Gasteiger partial charge in [0.15, 0.2) is 0 Å². The lowest BCUT2D eigenvalue weighted by Crippen LogP contribution is -2.15. The maximum atomic E-state index is 3.33. The largest absolute Gasteiger partial charge is 0.0840 e. The van der Waals surface area contributed by atoms with Crippen molar-refractivity contribution in [3.63, 3.8) is 0 Å². The van der Waals surface area contributed by atoms with Crippen LogP contribution in [0.4, 0.5) is 0 Å². The summed E-state index contributed by atoms with van der Waals surface area (Å²) in [6, 6.07) is 17.5. The summed E-state index contributed by atoms with van der Waals surface area (Å²) in [7, 11) is 0. The normalized spacial score (nSPS) is 18.2. The molecule has 0 nitrogen and oxygen atoms in total. The second kappa shape index (κ2) is 14.8. The Morgan fingerprint density at radius 2 is 1.30 bits per heavy atom. The van der Waals surface area contributed by atoms with E-state index < -0.39 is 0 Å². The molecule has 0 aliphatic heterocycles. The van der Waals surface area contributed by atoms with E-state index in [-0.39, 0.29) is 0 Å². The van der Waals surface area contributed by atoms with Gasteiger partial charge in [0.2, 0.25) is 0 Å². The van der Waals surface area contributed by atoms with Crippen LogP contribution in [0.3, 0.4) is 0 Å². The van der Waals surface area contributed by atoms with Gasteiger partial charge in [-0.05, 0) is 66.5 Å². The van der Waals surface area contributed by atoms with Gasteiger partial charge in [-0.2, -0.15) is 0 Å². The monoisotopic (exact) mass is 440 g/mol. The van der Waals surface area contributed by atoms with Gasteiger partial charge < -0.3 is 0 Å². The van der Waals surface area contributed by atoms with E-state index in [0.29, 0.717) is 0 Å². The number of benzene rings is 2. The molecular weight excluding hydrogens is 396 g/mol. The van der Waals surface area contributed by atoms with E-state index in [1.165, 1.54) is 88.2 Å². The Balaban J connectivity index is 1.39. The zero-order valence-corrected chi connectivity index (χ0v) is 21.1. The van der Waals surface area contributed by atoms with Crippen molar-refractivity contribution < 1.29 is 0 Å². The van der Waals surface area contributed by atoms with Crippen LogP contribution in [0.15, 0.2) is 54.6 Å². The molecule has 3 rings (SSSR count). The fourth-order valence-corrected chi connectivity index (χ4v) is 5.00. The molecule has 1 fully saturated rings. The Morgan fingerprint density at radius 3 is 1.91 bits per heavy atom. The SMILES string of the molecule is CCC/C=C/c1ccc(C#Cc2ccc(CCC3CCC(CCCCCC)CC3)cc2)cc1. The number of hydrogen-bond donors (Lipinski definition) is 0. The van der Waals surface area contributed by atoms with Crippen molar-refractivity contribution in [3.8, 4) is 11.8 Å². The molecule has 1 aliphatic carbocycles. The molecule has 2 aromatic carbocycles. The standard InChI is InChI=1S/C33H44/c1-3-5-7-9-11-29-14-18-31(19-15-29)21-23-33-26-24-32(25-27-33)22-20-30-16-12-28(13-17-30)10-8-6-4-2/h8,10,12-13,16-17,24-27,29,31H,3-7,9,11,14-15,18-19,21,23H2,1-2H3/b10-8+. The highest BCUT2D eigenvalue weighted by atomic mass is 14.3. The second-order valence-corrected chi connectivity index (χ2v) is 10.0. The molecule has 0 radical (unpaired) electrons. The Kier molecular flexibility index (Phi) is 11.4. The highest BCUT2D eigenvalue weighted by molar-refractivity contribution is 5.52. The van der Waals surface area contributed by atoms with Gasteiger partial charge in [0.25, 0.3) is 0 Å². The molecule has 176 valence electrons. The van der Waals surface area contributed by atoms with Crippen LogP contribution in [-0.2, 0) is 6.42 Å². The molecule has 0 unspecified atom stereocenters. The molecule has 1 aliphatic rings. The van der Waals surface area contributed by atoms with E-state index >= 15 is 0 Å². The minimum atomic E-state index is 0.941. The number of hydrogen-bond acceptors (Lipinski definition) is 0. The summed E-state index contributed by atoms with van der Waals surface area (Å²) < 4.78 is 0. The second-order valence-electron chi connectivity index (χ2n) is 10.0. The molecular formula is C33H44. The fourth-order valence-electron chi connectivity index (χ4n) is 5.00. The summed E-state index contributed by atoms with van der Waals surface area (Å²) in [6.45, 7) is 4.51. The molecule has 0 N–H and O–H groups in total. The van der Waals surface area contributed by atoms with Crippen molar-refractivity contribution in [2.75, 3.05) is 0 Å². The van der Waals surface area contributed by atoms with Crippen molar-refractivity contribution >= 4 is 6.08 Å². The Bertz CT molecular complexity index is 864. The van der Waals surface area contributed by atoms with Gasteiger partial charge in [-0.15, -0.1) is 0 Å². The first-order chi connectivity index (χ1) is 16.3. The Morgan fingerprint density at radius 1 is 0.697 bits per heavy atom.